The van der Waals surface area contributed by atoms with Gasteiger partial charge in [0.2, 0.25) is 5.91 Å². The molecule has 0 atom stereocenters. The van der Waals surface area contributed by atoms with Crippen LogP contribution in [0.15, 0.2) is 36.9 Å². The molecular weight excluding hydrogens is 261 g/mol. The zero-order chi connectivity index (χ0) is 14.8. The van der Waals surface area contributed by atoms with Crippen LogP contribution in [0.4, 0.5) is 4.39 Å². The molecule has 1 amide bonds. The number of hydrogen-bond acceptors (Lipinski definition) is 3. The van der Waals surface area contributed by atoms with Gasteiger partial charge in [-0.05, 0) is 36.8 Å². The highest BCUT2D eigenvalue weighted by molar-refractivity contribution is 5.86. The quantitative estimate of drug-likeness (QED) is 0.515. The Labute approximate surface area is 118 Å². The molecule has 0 saturated carbocycles. The van der Waals surface area contributed by atoms with Crippen molar-refractivity contribution in [3.8, 4) is 5.75 Å². The van der Waals surface area contributed by atoms with Gasteiger partial charge in [-0.2, -0.15) is 0 Å². The minimum Gasteiger partial charge on any atom is -0.494 e. The first kappa shape index (κ1) is 16.2. The Bertz CT molecular complexity index is 420. The molecule has 1 aromatic rings. The lowest BCUT2D eigenvalue weighted by molar-refractivity contribution is -0.126. The molecule has 0 radical (unpaired) electrons. The van der Waals surface area contributed by atoms with Crippen molar-refractivity contribution >= 4 is 5.91 Å². The minimum atomic E-state index is -0.292. The Morgan fingerprint density at radius 3 is 2.60 bits per heavy atom. The van der Waals surface area contributed by atoms with Gasteiger partial charge in [-0.15, -0.1) is 0 Å². The van der Waals surface area contributed by atoms with E-state index in [9.17, 15) is 9.18 Å². The number of carbonyl (C=O) groups is 1. The van der Waals surface area contributed by atoms with Gasteiger partial charge in [0.15, 0.2) is 0 Å². The van der Waals surface area contributed by atoms with Crippen molar-refractivity contribution in [3.05, 3.63) is 42.7 Å². The van der Waals surface area contributed by atoms with E-state index in [4.69, 9.17) is 9.47 Å². The summed E-state index contributed by atoms with van der Waals surface area (Å²) in [4.78, 5) is 13.2. The summed E-state index contributed by atoms with van der Waals surface area (Å²) in [7, 11) is 1.59. The second kappa shape index (κ2) is 9.09. The van der Waals surface area contributed by atoms with Gasteiger partial charge in [-0.1, -0.05) is 6.58 Å². The maximum Gasteiger partial charge on any atom is 0.246 e. The SMILES string of the molecule is C=CC(=O)N(CCCOc1ccc(F)cc1)CCOC. The summed E-state index contributed by atoms with van der Waals surface area (Å²) in [5.74, 6) is 0.202. The van der Waals surface area contributed by atoms with E-state index in [1.807, 2.05) is 0 Å². The molecule has 1 aromatic carbocycles. The van der Waals surface area contributed by atoms with Gasteiger partial charge < -0.3 is 14.4 Å². The van der Waals surface area contributed by atoms with Crippen LogP contribution in [0.25, 0.3) is 0 Å². The second-order valence-corrected chi connectivity index (χ2v) is 4.18. The molecule has 0 saturated heterocycles. The lowest BCUT2D eigenvalue weighted by Gasteiger charge is -2.20. The summed E-state index contributed by atoms with van der Waals surface area (Å²) in [6.45, 7) is 5.51. The molecule has 0 bridgehead atoms. The van der Waals surface area contributed by atoms with Gasteiger partial charge >= 0.3 is 0 Å². The monoisotopic (exact) mass is 281 g/mol. The number of benzene rings is 1. The van der Waals surface area contributed by atoms with Crippen molar-refractivity contribution in [1.82, 2.24) is 4.90 Å². The third-order valence-corrected chi connectivity index (χ3v) is 2.71. The molecule has 0 aliphatic rings. The smallest absolute Gasteiger partial charge is 0.246 e. The molecule has 20 heavy (non-hydrogen) atoms. The van der Waals surface area contributed by atoms with Crippen LogP contribution in [0.1, 0.15) is 6.42 Å². The van der Waals surface area contributed by atoms with Crippen LogP contribution in [0, 0.1) is 5.82 Å². The highest BCUT2D eigenvalue weighted by Gasteiger charge is 2.09. The van der Waals surface area contributed by atoms with Gasteiger partial charge in [0, 0.05) is 20.2 Å². The molecule has 4 nitrogen and oxygen atoms in total. The van der Waals surface area contributed by atoms with Crippen molar-refractivity contribution < 1.29 is 18.7 Å². The number of amides is 1. The Morgan fingerprint density at radius 2 is 2.00 bits per heavy atom. The summed E-state index contributed by atoms with van der Waals surface area (Å²) >= 11 is 0. The number of rotatable bonds is 9. The minimum absolute atomic E-state index is 0.121. The Balaban J connectivity index is 2.30. The molecule has 0 spiro atoms. The first-order chi connectivity index (χ1) is 9.67. The van der Waals surface area contributed by atoms with Crippen molar-refractivity contribution in [3.63, 3.8) is 0 Å². The largest absolute Gasteiger partial charge is 0.494 e. The number of ether oxygens (including phenoxy) is 2. The van der Waals surface area contributed by atoms with Crippen molar-refractivity contribution in [2.24, 2.45) is 0 Å². The molecule has 0 aromatic heterocycles. The van der Waals surface area contributed by atoms with Crippen LogP contribution in [-0.2, 0) is 9.53 Å². The van der Waals surface area contributed by atoms with E-state index >= 15 is 0 Å². The summed E-state index contributed by atoms with van der Waals surface area (Å²) in [5.41, 5.74) is 0. The van der Waals surface area contributed by atoms with Crippen molar-refractivity contribution in [2.45, 2.75) is 6.42 Å². The summed E-state index contributed by atoms with van der Waals surface area (Å²) < 4.78 is 23.1. The molecule has 0 N–H and O–H groups in total. The maximum atomic E-state index is 12.7. The number of halogens is 1. The lowest BCUT2D eigenvalue weighted by Crippen LogP contribution is -2.34. The molecule has 0 aliphatic carbocycles. The second-order valence-electron chi connectivity index (χ2n) is 4.18. The summed E-state index contributed by atoms with van der Waals surface area (Å²) in [6, 6.07) is 5.85. The van der Waals surface area contributed by atoms with E-state index in [2.05, 4.69) is 6.58 Å². The Kier molecular flexibility index (Phi) is 7.35. The maximum absolute atomic E-state index is 12.7. The molecule has 0 unspecified atom stereocenters. The molecule has 0 aliphatic heterocycles. The molecule has 1 rings (SSSR count). The van der Waals surface area contributed by atoms with Crippen LogP contribution in [0.2, 0.25) is 0 Å². The fraction of sp³-hybridized carbons (Fsp3) is 0.400. The molecule has 0 fully saturated rings. The number of hydrogen-bond donors (Lipinski definition) is 0. The van der Waals surface area contributed by atoms with Gasteiger partial charge in [0.05, 0.1) is 13.2 Å². The van der Waals surface area contributed by atoms with Crippen LogP contribution in [0.3, 0.4) is 0 Å². The van der Waals surface area contributed by atoms with Crippen LogP contribution in [-0.4, -0.2) is 44.2 Å². The summed E-state index contributed by atoms with van der Waals surface area (Å²) in [5, 5.41) is 0. The average molecular weight is 281 g/mol. The fourth-order valence-corrected chi connectivity index (χ4v) is 1.64. The average Bonchev–Trinajstić information content (AvgIpc) is 2.47. The first-order valence-electron chi connectivity index (χ1n) is 6.46. The van der Waals surface area contributed by atoms with Crippen molar-refractivity contribution in [2.75, 3.05) is 33.4 Å². The van der Waals surface area contributed by atoms with Gasteiger partial charge in [0.25, 0.3) is 0 Å². The van der Waals surface area contributed by atoms with Crippen molar-refractivity contribution in [1.29, 1.82) is 0 Å². The molecule has 0 heterocycles. The number of methoxy groups -OCH3 is 1. The topological polar surface area (TPSA) is 38.8 Å². The molecule has 5 heteroatoms. The van der Waals surface area contributed by atoms with Gasteiger partial charge in [0.1, 0.15) is 11.6 Å². The predicted molar refractivity (Wildman–Crippen MR) is 75.2 cm³/mol. The van der Waals surface area contributed by atoms with Gasteiger partial charge in [-0.25, -0.2) is 4.39 Å². The van der Waals surface area contributed by atoms with Crippen LogP contribution in [0.5, 0.6) is 5.75 Å². The summed E-state index contributed by atoms with van der Waals surface area (Å²) in [6.07, 6.45) is 1.97. The first-order valence-corrected chi connectivity index (χ1v) is 6.46. The van der Waals surface area contributed by atoms with E-state index in [0.717, 1.165) is 0 Å². The number of nitrogens with zero attached hydrogens (tertiary/aromatic N) is 1. The van der Waals surface area contributed by atoms with E-state index in [1.54, 1.807) is 24.1 Å². The van der Waals surface area contributed by atoms with E-state index in [-0.39, 0.29) is 11.7 Å². The van der Waals surface area contributed by atoms with E-state index < -0.39 is 0 Å². The molecule has 110 valence electrons. The standard InChI is InChI=1S/C15H20FNO3/c1-3-15(18)17(10-12-19-2)9-4-11-20-14-7-5-13(16)6-8-14/h3,5-8H,1,4,9-12H2,2H3. The predicted octanol–water partition coefficient (Wildman–Crippen LogP) is 2.26. The fourth-order valence-electron chi connectivity index (χ4n) is 1.64. The van der Waals surface area contributed by atoms with Gasteiger partial charge in [-0.3, -0.25) is 4.79 Å². The zero-order valence-electron chi connectivity index (χ0n) is 11.7. The molecular formula is C15H20FNO3. The van der Waals surface area contributed by atoms with E-state index in [1.165, 1.54) is 18.2 Å². The van der Waals surface area contributed by atoms with E-state index in [0.29, 0.717) is 38.5 Å². The highest BCUT2D eigenvalue weighted by Crippen LogP contribution is 2.11. The van der Waals surface area contributed by atoms with Crippen LogP contribution >= 0.6 is 0 Å². The van der Waals surface area contributed by atoms with Crippen LogP contribution < -0.4 is 4.74 Å². The third kappa shape index (κ3) is 5.84. The normalized spacial score (nSPS) is 10.1. The highest BCUT2D eigenvalue weighted by atomic mass is 19.1. The zero-order valence-corrected chi connectivity index (χ0v) is 11.7. The number of carbonyl (C=O) groups excluding carboxylic acids is 1. The third-order valence-electron chi connectivity index (χ3n) is 2.71. The Hall–Kier alpha value is -1.88. The Morgan fingerprint density at radius 1 is 1.30 bits per heavy atom. The lowest BCUT2D eigenvalue weighted by atomic mass is 10.3.